The van der Waals surface area contributed by atoms with Crippen LogP contribution >= 0.6 is 25.1 Å². The summed E-state index contributed by atoms with van der Waals surface area (Å²) in [6.45, 7) is 13.1. The summed E-state index contributed by atoms with van der Waals surface area (Å²) in [4.78, 5) is 116. The Morgan fingerprint density at radius 3 is 1.02 bits per heavy atom. The first-order valence-corrected chi connectivity index (χ1v) is 56.2. The predicted molar refractivity (Wildman–Crippen MR) is 585 cm³/mol. The van der Waals surface area contributed by atoms with E-state index in [2.05, 4.69) is 157 Å². The molecular formula is C76H91ClN18O35S18. The zero-order chi connectivity index (χ0) is 112. The van der Waals surface area contributed by atoms with Crippen molar-refractivity contribution in [2.75, 3.05) is 152 Å². The van der Waals surface area contributed by atoms with E-state index in [4.69, 9.17) is 105 Å². The number of carbonyl (C=O) groups excluding carboxylic acids is 4. The Hall–Kier alpha value is -10.8. The summed E-state index contributed by atoms with van der Waals surface area (Å²) in [7, 11) is 2.72. The van der Waals surface area contributed by atoms with Gasteiger partial charge in [-0.3, -0.25) is 70.3 Å². The van der Waals surface area contributed by atoms with Crippen molar-refractivity contribution in [3.63, 3.8) is 0 Å². The third kappa shape index (κ3) is 75.8. The number of carbonyl (C=O) groups is 4. The lowest BCUT2D eigenvalue weighted by molar-refractivity contribution is -0.386. The zero-order valence-electron chi connectivity index (χ0n) is 77.5. The number of aliphatic hydroxyl groups is 1. The number of rotatable bonds is 53. The van der Waals surface area contributed by atoms with Gasteiger partial charge in [-0.25, -0.2) is 13.8 Å². The number of hydrogen-bond donors (Lipinski definition) is 2. The van der Waals surface area contributed by atoms with Gasteiger partial charge in [-0.05, 0) is 142 Å². The normalized spacial score (nSPS) is 9.91. The molecule has 0 bridgehead atoms. The van der Waals surface area contributed by atoms with E-state index in [1.54, 1.807) is 12.1 Å². The van der Waals surface area contributed by atoms with Gasteiger partial charge in [0.2, 0.25) is 0 Å². The largest absolute Gasteiger partial charge is 0.514 e. The van der Waals surface area contributed by atoms with Crippen LogP contribution in [0.2, 0.25) is 0 Å². The van der Waals surface area contributed by atoms with Crippen LogP contribution in [0.15, 0.2) is 171 Å². The number of azide groups is 4. The van der Waals surface area contributed by atoms with Crippen molar-refractivity contribution >= 4 is 258 Å². The van der Waals surface area contributed by atoms with E-state index < -0.39 is 75.0 Å². The molecule has 7 aromatic carbocycles. The average Bonchev–Trinajstić information content (AvgIpc) is 0.796. The molecule has 0 aromatic heterocycles. The number of nitro benzene ring substituents is 6. The summed E-state index contributed by atoms with van der Waals surface area (Å²) >= 11 is 46.1. The van der Waals surface area contributed by atoms with E-state index >= 15 is 0 Å². The quantitative estimate of drug-likeness (QED) is 0.00291. The molecule has 0 aliphatic rings. The minimum atomic E-state index is -3.80. The summed E-state index contributed by atoms with van der Waals surface area (Å²) in [6.07, 6.45) is -3.18. The predicted octanol–water partition coefficient (Wildman–Crippen LogP) is 15.3. The van der Waals surface area contributed by atoms with Gasteiger partial charge in [0.05, 0.1) is 162 Å². The lowest BCUT2D eigenvalue weighted by atomic mass is 10.1. The van der Waals surface area contributed by atoms with Crippen molar-refractivity contribution in [1.29, 1.82) is 0 Å². The molecule has 0 saturated carbocycles. The summed E-state index contributed by atoms with van der Waals surface area (Å²) in [5.74, 6) is 0.255. The topological polar surface area (TPSA) is 735 Å². The van der Waals surface area contributed by atoms with Crippen molar-refractivity contribution in [3.8, 4) is 34.5 Å². The Labute approximate surface area is 921 Å². The maximum absolute atomic E-state index is 12.1. The molecular weight excluding hydrogens is 2340 g/mol. The van der Waals surface area contributed by atoms with Gasteiger partial charge in [0, 0.05) is 271 Å². The SMILES string of the molecule is CC(=O)c1cc(O)ccc1[N+](=O)[O-].CC(=O)c1cc(OCCOCCOCCN=[N+]=[N-])ccc1[N+](=O)[O-].CC(O)c1cc(OCCOCCOCCN=[N+]=[N-])ccc1[N+](=O)[O-].CC(OC(=O)Oc1ccc([N+](=O)[O-])cc1)c1cc(OCCOCCOCCN=[N+]=[N-])ccc1[N+](=O)[O-].Cc1ccc(S(=O)(=O)OCOCCOCCN=[N+]=[N-])cc1.O=C(Cl)Oc1ccc([N+](=O)[O-])cc1.S.S=S.S=S=S.S=S=S.S=S=S=S.S=S=S=S. The zero-order valence-corrected chi connectivity index (χ0v) is 93.1. The van der Waals surface area contributed by atoms with Crippen molar-refractivity contribution < 1.29 is 138 Å². The van der Waals surface area contributed by atoms with Gasteiger partial charge in [0.25, 0.3) is 44.2 Å². The third-order valence-electron chi connectivity index (χ3n) is 15.4. The highest BCUT2D eigenvalue weighted by Crippen LogP contribution is 2.34. The highest BCUT2D eigenvalue weighted by molar-refractivity contribution is 8.51. The Balaban J connectivity index is -0.000000549. The Kier molecular flexibility index (Phi) is 94.2. The van der Waals surface area contributed by atoms with Gasteiger partial charge < -0.3 is 76.5 Å². The minimum absolute atomic E-state index is 0. The molecule has 810 valence electrons. The second-order valence-electron chi connectivity index (χ2n) is 25.1. The average molecular weight is 2430 g/mol. The number of aryl methyl sites for hydroxylation is 1. The minimum Gasteiger partial charge on any atom is -0.508 e. The molecule has 0 saturated heterocycles. The molecule has 7 aromatic rings. The summed E-state index contributed by atoms with van der Waals surface area (Å²) in [5.41, 5.74) is 31.3. The second kappa shape index (κ2) is 95.8. The number of halogens is 1. The number of nitro groups is 6. The fourth-order valence-corrected chi connectivity index (χ4v) is 10.2. The van der Waals surface area contributed by atoms with E-state index in [0.29, 0.717) is 83.3 Å². The van der Waals surface area contributed by atoms with Crippen LogP contribution in [-0.2, 0) is 222 Å². The Morgan fingerprint density at radius 2 is 0.703 bits per heavy atom. The molecule has 2 unspecified atom stereocenters. The maximum Gasteiger partial charge on any atom is 0.514 e. The van der Waals surface area contributed by atoms with Crippen LogP contribution in [0.1, 0.15) is 77.3 Å². The van der Waals surface area contributed by atoms with Gasteiger partial charge in [-0.1, -0.05) is 38.2 Å². The first-order chi connectivity index (χ1) is 70.3. The van der Waals surface area contributed by atoms with Crippen LogP contribution < -0.4 is 23.7 Å². The number of ether oxygens (including phenoxy) is 14. The van der Waals surface area contributed by atoms with E-state index in [1.807, 2.05) is 6.92 Å². The fraction of sp³-hybridized carbons (Fsp3) is 0.395. The summed E-state index contributed by atoms with van der Waals surface area (Å²) in [5, 5.41) is 96.3. The van der Waals surface area contributed by atoms with E-state index in [-0.39, 0.29) is 178 Å². The molecule has 0 spiro atoms. The smallest absolute Gasteiger partial charge is 0.508 e. The van der Waals surface area contributed by atoms with E-state index in [0.717, 1.165) is 47.6 Å². The Bertz CT molecular complexity index is 5800. The highest BCUT2D eigenvalue weighted by Gasteiger charge is 2.26. The molecule has 0 aliphatic carbocycles. The van der Waals surface area contributed by atoms with Crippen molar-refractivity contribution in [2.24, 2.45) is 20.5 Å². The number of Topliss-reactive ketones (excluding diaryl/α,β-unsaturated/α-hetero) is 2. The lowest BCUT2D eigenvalue weighted by Gasteiger charge is -2.15. The van der Waals surface area contributed by atoms with Crippen LogP contribution in [0, 0.1) is 67.6 Å². The van der Waals surface area contributed by atoms with E-state index in [1.165, 1.54) is 172 Å². The van der Waals surface area contributed by atoms with Crippen molar-refractivity contribution in [1.82, 2.24) is 0 Å². The number of phenols is 1. The molecule has 2 atom stereocenters. The number of hydrogen-bond acceptors (Lipinski definition) is 49. The molecule has 148 heavy (non-hydrogen) atoms. The van der Waals surface area contributed by atoms with Crippen LogP contribution in [-0.4, -0.2) is 223 Å². The van der Waals surface area contributed by atoms with Crippen LogP contribution in [0.25, 0.3) is 41.8 Å². The van der Waals surface area contributed by atoms with Crippen LogP contribution in [0.4, 0.5) is 43.7 Å². The van der Waals surface area contributed by atoms with Crippen LogP contribution in [0.3, 0.4) is 0 Å². The Morgan fingerprint density at radius 1 is 0.412 bits per heavy atom. The maximum atomic E-state index is 12.1. The molecule has 0 heterocycles. The standard InChI is InChI=1S/C21H23N5O10.C14H20N4O6.C14H18N4O6.C12H17N3O5S.C8H7NO4.C7H4ClNO4.2S4.2S3.S2.H2S/c1-15(35-21(27)36-17-4-2-16(3-5-17)25(28)29)19-14-18(6-7-20(19)26(30)31)34-13-12-33-11-10-32-9-8-23-24-22;2*1-11(19)13-10-12(2-3-14(13)18(20)21)24-9-8-23-7-6-22-5-4-16-17-15;1-11-2-4-12(5-3-11)21(16,17)20-10-19-9-8-18-7-6-14-15-13;1-5(10)7-4-6(11)2-3-8(7)9(12)13;8-7(10)13-6-3-1-5(2-4-6)9(11)12;2*1-3-4-2;2*1-3-2;1-2;/h2-7,14-15H,8-13H2,1H3;2-3,10-11,19H,4-9H2,1H3;2-3,10H,4-9H2,1H3;2-5H,6-10H2,1H3;2-4,11H,1H3;1-4H;;;;;;1H2. The molecule has 2 N–H and O–H groups in total. The fourth-order valence-electron chi connectivity index (χ4n) is 9.31. The number of aliphatic hydroxyl groups excluding tert-OH is 1. The molecule has 72 heteroatoms. The summed E-state index contributed by atoms with van der Waals surface area (Å²) in [6, 6.07) is 31.7. The van der Waals surface area contributed by atoms with Crippen LogP contribution in [0.5, 0.6) is 34.5 Å². The number of non-ortho nitro benzene ring substituents is 2. The third-order valence-corrected chi connectivity index (χ3v) is 21.1. The molecule has 0 radical (unpaired) electrons. The molecule has 0 aliphatic heterocycles. The number of aromatic hydroxyl groups is 1. The van der Waals surface area contributed by atoms with Crippen molar-refractivity contribution in [3.05, 3.63) is 276 Å². The summed E-state index contributed by atoms with van der Waals surface area (Å²) < 4.78 is 101. The van der Waals surface area contributed by atoms with Gasteiger partial charge in [0.15, 0.2) is 18.4 Å². The van der Waals surface area contributed by atoms with Crippen molar-refractivity contribution in [2.45, 2.75) is 51.7 Å². The number of ketones is 2. The highest BCUT2D eigenvalue weighted by atomic mass is 35.5. The number of phenolic OH excluding ortho intramolecular Hbond substituents is 1. The first kappa shape index (κ1) is 146. The van der Waals surface area contributed by atoms with Gasteiger partial charge in [0.1, 0.15) is 60.4 Å². The first-order valence-electron chi connectivity index (χ1n) is 39.7. The molecule has 7 rings (SSSR count). The number of nitrogens with zero attached hydrogens (tertiary/aromatic N) is 18. The van der Waals surface area contributed by atoms with Gasteiger partial charge in [-0.2, -0.15) is 21.9 Å². The van der Waals surface area contributed by atoms with E-state index in [9.17, 15) is 93.4 Å². The van der Waals surface area contributed by atoms with Gasteiger partial charge in [-0.15, -0.1) is 0 Å². The number of benzene rings is 7. The van der Waals surface area contributed by atoms with Gasteiger partial charge >= 0.3 is 11.6 Å². The molecule has 53 nitrogen and oxygen atoms in total. The molecule has 0 fully saturated rings. The second-order valence-corrected chi connectivity index (χ2v) is 37.6. The lowest BCUT2D eigenvalue weighted by Crippen LogP contribution is -2.15. The monoisotopic (exact) mass is 2430 g/mol. The molecule has 0 amide bonds.